The van der Waals surface area contributed by atoms with Crippen LogP contribution in [0.1, 0.15) is 73.7 Å². The van der Waals surface area contributed by atoms with Gasteiger partial charge in [0.2, 0.25) is 21.9 Å². The van der Waals surface area contributed by atoms with Gasteiger partial charge in [-0.2, -0.15) is 4.31 Å². The Morgan fingerprint density at radius 2 is 1.86 bits per heavy atom. The molecule has 192 valence electrons. The fraction of sp³-hybridized carbons (Fsp3) is 0.600. The number of rotatable bonds is 7. The average Bonchev–Trinajstić information content (AvgIpc) is 3.48. The van der Waals surface area contributed by atoms with Gasteiger partial charge >= 0.3 is 0 Å². The molecule has 0 bridgehead atoms. The molecule has 2 aliphatic rings. The van der Waals surface area contributed by atoms with Gasteiger partial charge in [-0.05, 0) is 50.7 Å². The summed E-state index contributed by atoms with van der Waals surface area (Å²) in [5.74, 6) is -2.73. The van der Waals surface area contributed by atoms with E-state index >= 15 is 0 Å². The minimum absolute atomic E-state index is 0.160. The minimum Gasteiger partial charge on any atom is -0.332 e. The maximum Gasteiger partial charge on any atom is 0.248 e. The van der Waals surface area contributed by atoms with Crippen LogP contribution in [0.25, 0.3) is 0 Å². The molecule has 1 saturated heterocycles. The predicted octanol–water partition coefficient (Wildman–Crippen LogP) is 5.33. The van der Waals surface area contributed by atoms with Gasteiger partial charge in [0.25, 0.3) is 0 Å². The SMILES string of the molecule is Cc1ccc(S(=O)(=O)N2CCC[C@H]2C(=O)N(Cc2ncc(C(C)C)s2)C2CCC(F)(F)CC2)cc1. The molecule has 1 aliphatic carbocycles. The number of hydrogen-bond acceptors (Lipinski definition) is 5. The zero-order valence-corrected chi connectivity index (χ0v) is 22.0. The molecule has 2 aromatic rings. The number of benzene rings is 1. The van der Waals surface area contributed by atoms with E-state index < -0.39 is 22.0 Å². The minimum atomic E-state index is -3.86. The highest BCUT2D eigenvalue weighted by molar-refractivity contribution is 7.89. The zero-order chi connectivity index (χ0) is 25.4. The van der Waals surface area contributed by atoms with Crippen molar-refractivity contribution in [1.29, 1.82) is 0 Å². The number of hydrogen-bond donors (Lipinski definition) is 0. The van der Waals surface area contributed by atoms with Crippen LogP contribution in [0.15, 0.2) is 35.4 Å². The molecule has 10 heteroatoms. The third-order valence-electron chi connectivity index (χ3n) is 6.97. The van der Waals surface area contributed by atoms with Gasteiger partial charge in [0.1, 0.15) is 11.0 Å². The van der Waals surface area contributed by atoms with Crippen LogP contribution < -0.4 is 0 Å². The highest BCUT2D eigenvalue weighted by atomic mass is 32.2. The first-order valence-electron chi connectivity index (χ1n) is 12.2. The second kappa shape index (κ2) is 10.2. The molecular weight excluding hydrogens is 492 g/mol. The number of halogens is 2. The number of sulfonamides is 1. The number of aryl methyl sites for hydroxylation is 1. The average molecular weight is 526 g/mol. The van der Waals surface area contributed by atoms with Crippen LogP contribution in [-0.4, -0.2) is 53.1 Å². The predicted molar refractivity (Wildman–Crippen MR) is 132 cm³/mol. The van der Waals surface area contributed by atoms with Gasteiger partial charge in [0, 0.05) is 36.5 Å². The second-order valence-electron chi connectivity index (χ2n) is 9.95. The lowest BCUT2D eigenvalue weighted by Crippen LogP contribution is -2.52. The van der Waals surface area contributed by atoms with Gasteiger partial charge in [-0.15, -0.1) is 11.3 Å². The normalized spacial score (nSPS) is 21.5. The van der Waals surface area contributed by atoms with Crippen LogP contribution in [-0.2, 0) is 21.4 Å². The number of carbonyl (C=O) groups is 1. The van der Waals surface area contributed by atoms with Crippen LogP contribution in [0.2, 0.25) is 0 Å². The summed E-state index contributed by atoms with van der Waals surface area (Å²) in [7, 11) is -3.86. The first-order valence-corrected chi connectivity index (χ1v) is 14.4. The molecule has 0 unspecified atom stereocenters. The summed E-state index contributed by atoms with van der Waals surface area (Å²) in [4.78, 5) is 21.3. The van der Waals surface area contributed by atoms with E-state index in [2.05, 4.69) is 18.8 Å². The quantitative estimate of drug-likeness (QED) is 0.490. The standard InChI is InChI=1S/C25H33F2N3O3S2/c1-17(2)22-15-28-23(34-22)16-29(19-10-12-25(26,27)13-11-19)24(31)21-5-4-14-30(21)35(32,33)20-8-6-18(3)7-9-20/h6-9,15,17,19,21H,4-5,10-14,16H2,1-3H3/t21-/m0/s1. The van der Waals surface area contributed by atoms with Crippen molar-refractivity contribution in [1.82, 2.24) is 14.2 Å². The molecule has 1 atom stereocenters. The smallest absolute Gasteiger partial charge is 0.248 e. The van der Waals surface area contributed by atoms with Gasteiger partial charge in [-0.25, -0.2) is 22.2 Å². The summed E-state index contributed by atoms with van der Waals surface area (Å²) >= 11 is 1.51. The number of thiazole rings is 1. The highest BCUT2D eigenvalue weighted by Crippen LogP contribution is 2.37. The largest absolute Gasteiger partial charge is 0.332 e. The number of nitrogens with zero attached hydrogens (tertiary/aromatic N) is 3. The van der Waals surface area contributed by atoms with Crippen molar-refractivity contribution < 1.29 is 22.0 Å². The molecule has 0 spiro atoms. The van der Waals surface area contributed by atoms with Crippen LogP contribution in [0.4, 0.5) is 8.78 Å². The molecule has 35 heavy (non-hydrogen) atoms. The summed E-state index contributed by atoms with van der Waals surface area (Å²) in [5, 5.41) is 0.741. The van der Waals surface area contributed by atoms with Gasteiger partial charge in [0.15, 0.2) is 0 Å². The Bertz CT molecular complexity index is 1140. The van der Waals surface area contributed by atoms with E-state index in [-0.39, 0.29) is 55.6 Å². The summed E-state index contributed by atoms with van der Waals surface area (Å²) in [6.45, 7) is 6.48. The molecule has 2 fully saturated rings. The Labute approximate surface area is 210 Å². The van der Waals surface area contributed by atoms with Crippen molar-refractivity contribution in [2.24, 2.45) is 0 Å². The van der Waals surface area contributed by atoms with E-state index in [1.165, 1.54) is 15.6 Å². The Balaban J connectivity index is 1.61. The Kier molecular flexibility index (Phi) is 7.64. The summed E-state index contributed by atoms with van der Waals surface area (Å²) in [6.07, 6.45) is 2.63. The van der Waals surface area contributed by atoms with E-state index in [0.29, 0.717) is 18.8 Å². The molecule has 1 saturated carbocycles. The van der Waals surface area contributed by atoms with Crippen LogP contribution in [0.3, 0.4) is 0 Å². The molecule has 2 heterocycles. The van der Waals surface area contributed by atoms with Crippen LogP contribution in [0.5, 0.6) is 0 Å². The number of carbonyl (C=O) groups excluding carboxylic acids is 1. The van der Waals surface area contributed by atoms with Crippen molar-refractivity contribution in [3.05, 3.63) is 45.9 Å². The fourth-order valence-corrected chi connectivity index (χ4v) is 7.42. The third-order valence-corrected chi connectivity index (χ3v) is 10.2. The molecule has 1 aromatic carbocycles. The van der Waals surface area contributed by atoms with Crippen molar-refractivity contribution in [3.63, 3.8) is 0 Å². The van der Waals surface area contributed by atoms with Crippen LogP contribution >= 0.6 is 11.3 Å². The fourth-order valence-electron chi connectivity index (χ4n) is 4.85. The number of amides is 1. The van der Waals surface area contributed by atoms with E-state index in [9.17, 15) is 22.0 Å². The Morgan fingerprint density at radius 3 is 2.46 bits per heavy atom. The topological polar surface area (TPSA) is 70.6 Å². The van der Waals surface area contributed by atoms with Gasteiger partial charge < -0.3 is 4.90 Å². The van der Waals surface area contributed by atoms with E-state index in [1.54, 1.807) is 35.4 Å². The zero-order valence-electron chi connectivity index (χ0n) is 20.4. The molecule has 0 radical (unpaired) electrons. The first-order chi connectivity index (χ1) is 16.5. The van der Waals surface area contributed by atoms with Crippen molar-refractivity contribution in [2.45, 2.75) is 94.7 Å². The molecule has 6 nitrogen and oxygen atoms in total. The molecular formula is C25H33F2N3O3S2. The summed E-state index contributed by atoms with van der Waals surface area (Å²) < 4.78 is 55.9. The molecule has 0 N–H and O–H groups in total. The van der Waals surface area contributed by atoms with Gasteiger partial charge in [-0.3, -0.25) is 4.79 Å². The van der Waals surface area contributed by atoms with Gasteiger partial charge in [-0.1, -0.05) is 31.5 Å². The second-order valence-corrected chi connectivity index (χ2v) is 13.0. The van der Waals surface area contributed by atoms with E-state index in [1.807, 2.05) is 6.92 Å². The number of alkyl halides is 2. The Morgan fingerprint density at radius 1 is 1.20 bits per heavy atom. The maximum absolute atomic E-state index is 13.9. The molecule has 4 rings (SSSR count). The van der Waals surface area contributed by atoms with Gasteiger partial charge in [0.05, 0.1) is 11.4 Å². The summed E-state index contributed by atoms with van der Waals surface area (Å²) in [5.41, 5.74) is 0.947. The molecule has 1 aromatic heterocycles. The lowest BCUT2D eigenvalue weighted by Gasteiger charge is -2.38. The maximum atomic E-state index is 13.9. The van der Waals surface area contributed by atoms with Crippen molar-refractivity contribution in [3.8, 4) is 0 Å². The Hall–Kier alpha value is -1.91. The lowest BCUT2D eigenvalue weighted by molar-refractivity contribution is -0.141. The van der Waals surface area contributed by atoms with Crippen molar-refractivity contribution >= 4 is 27.3 Å². The monoisotopic (exact) mass is 525 g/mol. The lowest BCUT2D eigenvalue weighted by atomic mass is 9.90. The van der Waals surface area contributed by atoms with E-state index in [0.717, 1.165) is 15.4 Å². The molecule has 1 amide bonds. The summed E-state index contributed by atoms with van der Waals surface area (Å²) in [6, 6.07) is 5.40. The number of aromatic nitrogens is 1. The first kappa shape index (κ1) is 26.2. The molecule has 1 aliphatic heterocycles. The van der Waals surface area contributed by atoms with Crippen LogP contribution in [0, 0.1) is 6.92 Å². The third kappa shape index (κ3) is 5.75. The van der Waals surface area contributed by atoms with E-state index in [4.69, 9.17) is 0 Å². The highest BCUT2D eigenvalue weighted by Gasteiger charge is 2.44. The van der Waals surface area contributed by atoms with Crippen molar-refractivity contribution in [2.75, 3.05) is 6.54 Å².